The molecule has 1 rings (SSSR count). The fraction of sp³-hybridized carbons (Fsp3) is 0.462. The minimum absolute atomic E-state index is 0.192. The van der Waals surface area contributed by atoms with Crippen molar-refractivity contribution in [2.45, 2.75) is 32.5 Å². The van der Waals surface area contributed by atoms with E-state index >= 15 is 0 Å². The topological polar surface area (TPSA) is 38.3 Å². The lowest BCUT2D eigenvalue weighted by Gasteiger charge is -2.20. The average molecular weight is 354 g/mol. The first-order valence-electron chi connectivity index (χ1n) is 5.81. The van der Waals surface area contributed by atoms with E-state index in [0.717, 1.165) is 12.1 Å². The Morgan fingerprint density at radius 2 is 1.85 bits per heavy atom. The maximum absolute atomic E-state index is 12.6. The molecule has 0 fully saturated rings. The van der Waals surface area contributed by atoms with Crippen LogP contribution in [-0.4, -0.2) is 18.1 Å². The molecule has 0 aliphatic carbocycles. The van der Waals surface area contributed by atoms with Crippen LogP contribution in [0.2, 0.25) is 0 Å². The first kappa shape index (κ1) is 16.8. The third-order valence-electron chi connectivity index (χ3n) is 2.08. The van der Waals surface area contributed by atoms with Crippen molar-refractivity contribution in [3.63, 3.8) is 0 Å². The van der Waals surface area contributed by atoms with Gasteiger partial charge in [0, 0.05) is 10.2 Å². The maximum Gasteiger partial charge on any atom is 0.416 e. The smallest absolute Gasteiger partial charge is 0.416 e. The highest BCUT2D eigenvalue weighted by molar-refractivity contribution is 9.10. The van der Waals surface area contributed by atoms with E-state index in [-0.39, 0.29) is 16.7 Å². The van der Waals surface area contributed by atoms with Gasteiger partial charge in [-0.05, 0) is 39.0 Å². The number of hydrogen-bond acceptors (Lipinski definition) is 3. The Morgan fingerprint density at radius 1 is 1.25 bits per heavy atom. The van der Waals surface area contributed by atoms with Crippen molar-refractivity contribution in [3.05, 3.63) is 28.2 Å². The number of carbonyl (C=O) groups is 1. The van der Waals surface area contributed by atoms with E-state index in [4.69, 9.17) is 4.74 Å². The Labute approximate surface area is 123 Å². The van der Waals surface area contributed by atoms with Crippen molar-refractivity contribution in [1.29, 1.82) is 0 Å². The molecule has 1 aromatic rings. The van der Waals surface area contributed by atoms with Gasteiger partial charge >= 0.3 is 12.1 Å². The first-order valence-corrected chi connectivity index (χ1v) is 6.60. The lowest BCUT2D eigenvalue weighted by atomic mass is 10.2. The zero-order chi connectivity index (χ0) is 15.6. The molecule has 0 saturated heterocycles. The van der Waals surface area contributed by atoms with Gasteiger partial charge in [-0.2, -0.15) is 13.2 Å². The maximum atomic E-state index is 12.6. The molecule has 0 aliphatic rings. The minimum atomic E-state index is -4.44. The van der Waals surface area contributed by atoms with Gasteiger partial charge in [0.1, 0.15) is 12.1 Å². The molecular formula is C13H15BrF3NO2. The Bertz CT molecular complexity index is 495. The summed E-state index contributed by atoms with van der Waals surface area (Å²) < 4.78 is 43.2. The summed E-state index contributed by atoms with van der Waals surface area (Å²) in [5.74, 6) is -0.536. The minimum Gasteiger partial charge on any atom is -0.459 e. The van der Waals surface area contributed by atoms with E-state index < -0.39 is 23.3 Å². The molecule has 0 amide bonds. The van der Waals surface area contributed by atoms with Crippen LogP contribution >= 0.6 is 15.9 Å². The number of hydrogen-bond donors (Lipinski definition) is 1. The fourth-order valence-corrected chi connectivity index (χ4v) is 1.90. The molecule has 0 spiro atoms. The van der Waals surface area contributed by atoms with Crippen molar-refractivity contribution in [2.24, 2.45) is 0 Å². The second-order valence-electron chi connectivity index (χ2n) is 5.17. The predicted octanol–water partition coefficient (Wildman–Crippen LogP) is 4.22. The zero-order valence-corrected chi connectivity index (χ0v) is 12.9. The van der Waals surface area contributed by atoms with Gasteiger partial charge in [0.15, 0.2) is 0 Å². The molecule has 0 bridgehead atoms. The molecule has 1 aromatic carbocycles. The molecule has 0 aliphatic heterocycles. The van der Waals surface area contributed by atoms with Crippen molar-refractivity contribution >= 4 is 27.6 Å². The lowest BCUT2D eigenvalue weighted by Crippen LogP contribution is -2.28. The van der Waals surface area contributed by atoms with Gasteiger partial charge in [0.05, 0.1) is 5.56 Å². The summed E-state index contributed by atoms with van der Waals surface area (Å²) in [6.07, 6.45) is -4.44. The molecule has 0 unspecified atom stereocenters. The normalized spacial score (nSPS) is 12.2. The summed E-state index contributed by atoms with van der Waals surface area (Å²) in [4.78, 5) is 11.5. The van der Waals surface area contributed by atoms with Crippen molar-refractivity contribution in [2.75, 3.05) is 11.9 Å². The van der Waals surface area contributed by atoms with Gasteiger partial charge < -0.3 is 10.1 Å². The first-order chi connectivity index (χ1) is 8.97. The molecule has 1 N–H and O–H groups in total. The average Bonchev–Trinajstić information content (AvgIpc) is 2.22. The van der Waals surface area contributed by atoms with Gasteiger partial charge in [0.2, 0.25) is 0 Å². The summed E-state index contributed by atoms with van der Waals surface area (Å²) in [5.41, 5.74) is -1.23. The molecule has 20 heavy (non-hydrogen) atoms. The van der Waals surface area contributed by atoms with Gasteiger partial charge in [-0.25, -0.2) is 0 Å². The lowest BCUT2D eigenvalue weighted by molar-refractivity contribution is -0.152. The summed E-state index contributed by atoms with van der Waals surface area (Å²) in [6, 6.07) is 3.37. The standard InChI is InChI=1S/C13H15BrF3NO2/c1-12(2,3)20-11(19)7-18-10-5-8(13(15,16)17)4-9(14)6-10/h4-6,18H,7H2,1-3H3. The Hall–Kier alpha value is -1.24. The second kappa shape index (κ2) is 6.03. The van der Waals surface area contributed by atoms with E-state index in [1.165, 1.54) is 6.07 Å². The molecule has 3 nitrogen and oxygen atoms in total. The zero-order valence-electron chi connectivity index (χ0n) is 11.3. The van der Waals surface area contributed by atoms with Gasteiger partial charge in [0.25, 0.3) is 0 Å². The van der Waals surface area contributed by atoms with Crippen LogP contribution in [0, 0.1) is 0 Å². The quantitative estimate of drug-likeness (QED) is 0.826. The van der Waals surface area contributed by atoms with Gasteiger partial charge in [-0.1, -0.05) is 15.9 Å². The van der Waals surface area contributed by atoms with Gasteiger partial charge in [-0.15, -0.1) is 0 Å². The highest BCUT2D eigenvalue weighted by Gasteiger charge is 2.31. The van der Waals surface area contributed by atoms with Crippen molar-refractivity contribution < 1.29 is 22.7 Å². The molecule has 0 radical (unpaired) electrons. The highest BCUT2D eigenvalue weighted by atomic mass is 79.9. The molecular weight excluding hydrogens is 339 g/mol. The summed E-state index contributed by atoms with van der Waals surface area (Å²) in [5, 5.41) is 2.62. The van der Waals surface area contributed by atoms with E-state index in [1.54, 1.807) is 20.8 Å². The third kappa shape index (κ3) is 5.81. The number of carbonyl (C=O) groups excluding carboxylic acids is 1. The largest absolute Gasteiger partial charge is 0.459 e. The van der Waals surface area contributed by atoms with E-state index in [2.05, 4.69) is 21.2 Å². The van der Waals surface area contributed by atoms with Crippen molar-refractivity contribution in [1.82, 2.24) is 0 Å². The van der Waals surface area contributed by atoms with Crippen LogP contribution in [0.5, 0.6) is 0 Å². The molecule has 0 saturated carbocycles. The van der Waals surface area contributed by atoms with Crippen LogP contribution in [0.15, 0.2) is 22.7 Å². The molecule has 112 valence electrons. The Kier molecular flexibility index (Phi) is 5.07. The van der Waals surface area contributed by atoms with Crippen LogP contribution in [0.4, 0.5) is 18.9 Å². The molecule has 0 aromatic heterocycles. The number of esters is 1. The number of halogens is 4. The number of nitrogens with one attached hydrogen (secondary N) is 1. The third-order valence-corrected chi connectivity index (χ3v) is 2.54. The van der Waals surface area contributed by atoms with Crippen molar-refractivity contribution in [3.8, 4) is 0 Å². The van der Waals surface area contributed by atoms with E-state index in [9.17, 15) is 18.0 Å². The highest BCUT2D eigenvalue weighted by Crippen LogP contribution is 2.33. The predicted molar refractivity (Wildman–Crippen MR) is 73.5 cm³/mol. The number of ether oxygens (including phenoxy) is 1. The van der Waals surface area contributed by atoms with Crippen LogP contribution in [0.3, 0.4) is 0 Å². The van der Waals surface area contributed by atoms with Crippen LogP contribution in [0.1, 0.15) is 26.3 Å². The number of anilines is 1. The molecule has 7 heteroatoms. The summed E-state index contributed by atoms with van der Waals surface area (Å²) in [7, 11) is 0. The van der Waals surface area contributed by atoms with E-state index in [1.807, 2.05) is 0 Å². The molecule has 0 heterocycles. The van der Waals surface area contributed by atoms with Crippen LogP contribution < -0.4 is 5.32 Å². The monoisotopic (exact) mass is 353 g/mol. The molecule has 0 atom stereocenters. The van der Waals surface area contributed by atoms with E-state index in [0.29, 0.717) is 0 Å². The SMILES string of the molecule is CC(C)(C)OC(=O)CNc1cc(Br)cc(C(F)(F)F)c1. The van der Waals surface area contributed by atoms with Crippen LogP contribution in [-0.2, 0) is 15.7 Å². The van der Waals surface area contributed by atoms with Crippen LogP contribution in [0.25, 0.3) is 0 Å². The second-order valence-corrected chi connectivity index (χ2v) is 6.08. The van der Waals surface area contributed by atoms with Gasteiger partial charge in [-0.3, -0.25) is 4.79 Å². The number of benzene rings is 1. The fourth-order valence-electron chi connectivity index (χ4n) is 1.41. The summed E-state index contributed by atoms with van der Waals surface area (Å²) in [6.45, 7) is 4.94. The Morgan fingerprint density at radius 3 is 2.35 bits per heavy atom. The number of rotatable bonds is 3. The summed E-state index contributed by atoms with van der Waals surface area (Å²) >= 11 is 3.01. The Balaban J connectivity index is 2.74. The number of alkyl halides is 3.